The van der Waals surface area contributed by atoms with Crippen molar-refractivity contribution in [3.8, 4) is 0 Å². The van der Waals surface area contributed by atoms with Gasteiger partial charge < -0.3 is 0 Å². The number of carbonyl (C=O) groups is 1. The second kappa shape index (κ2) is 4.88. The van der Waals surface area contributed by atoms with Gasteiger partial charge in [-0.2, -0.15) is 5.10 Å². The summed E-state index contributed by atoms with van der Waals surface area (Å²) in [7, 11) is 0. The second-order valence-electron chi connectivity index (χ2n) is 4.04. The highest BCUT2D eigenvalue weighted by atomic mass is 16.2. The van der Waals surface area contributed by atoms with E-state index in [1.54, 1.807) is 12.4 Å². The SMILES string of the molecule is CC(=NNC(=O)C1CCC1)c1ccncc1. The molecule has 0 aliphatic heterocycles. The molecule has 1 fully saturated rings. The summed E-state index contributed by atoms with van der Waals surface area (Å²) in [5.74, 6) is 0.216. The molecule has 2 rings (SSSR count). The summed E-state index contributed by atoms with van der Waals surface area (Å²) in [5, 5.41) is 4.09. The number of aromatic nitrogens is 1. The molecule has 4 heteroatoms. The van der Waals surface area contributed by atoms with E-state index in [-0.39, 0.29) is 11.8 Å². The minimum absolute atomic E-state index is 0.0413. The van der Waals surface area contributed by atoms with E-state index in [0.29, 0.717) is 0 Å². The van der Waals surface area contributed by atoms with Gasteiger partial charge in [0, 0.05) is 23.9 Å². The van der Waals surface area contributed by atoms with Gasteiger partial charge in [-0.25, -0.2) is 5.43 Å². The molecule has 1 amide bonds. The quantitative estimate of drug-likeness (QED) is 0.619. The third-order valence-corrected chi connectivity index (χ3v) is 2.91. The van der Waals surface area contributed by atoms with Gasteiger partial charge in [-0.1, -0.05) is 6.42 Å². The molecule has 0 radical (unpaired) electrons. The molecule has 84 valence electrons. The van der Waals surface area contributed by atoms with Gasteiger partial charge in [-0.15, -0.1) is 0 Å². The largest absolute Gasteiger partial charge is 0.273 e. The Bertz CT molecular complexity index is 396. The van der Waals surface area contributed by atoms with Crippen molar-refractivity contribution in [2.45, 2.75) is 26.2 Å². The molecule has 0 bridgehead atoms. The fourth-order valence-corrected chi connectivity index (χ4v) is 1.56. The molecule has 4 nitrogen and oxygen atoms in total. The third kappa shape index (κ3) is 2.45. The Hall–Kier alpha value is -1.71. The van der Waals surface area contributed by atoms with Crippen LogP contribution < -0.4 is 5.43 Å². The standard InChI is InChI=1S/C12H15N3O/c1-9(10-5-7-13-8-6-10)14-15-12(16)11-3-2-4-11/h5-8,11H,2-4H2,1H3,(H,15,16). The second-order valence-corrected chi connectivity index (χ2v) is 4.04. The summed E-state index contributed by atoms with van der Waals surface area (Å²) < 4.78 is 0. The van der Waals surface area contributed by atoms with Gasteiger partial charge in [0.05, 0.1) is 5.71 Å². The fourth-order valence-electron chi connectivity index (χ4n) is 1.56. The van der Waals surface area contributed by atoms with Crippen LogP contribution in [0.1, 0.15) is 31.7 Å². The van der Waals surface area contributed by atoms with Crippen molar-refractivity contribution >= 4 is 11.6 Å². The number of rotatable bonds is 3. The topological polar surface area (TPSA) is 54.4 Å². The summed E-state index contributed by atoms with van der Waals surface area (Å²) in [4.78, 5) is 15.5. The molecule has 1 N–H and O–H groups in total. The predicted octanol–water partition coefficient (Wildman–Crippen LogP) is 1.72. The Kier molecular flexibility index (Phi) is 3.29. The first kappa shape index (κ1) is 10.8. The molecule has 1 aliphatic rings. The zero-order chi connectivity index (χ0) is 11.4. The monoisotopic (exact) mass is 217 g/mol. The molecule has 0 unspecified atom stereocenters. The summed E-state index contributed by atoms with van der Waals surface area (Å²) >= 11 is 0. The van der Waals surface area contributed by atoms with Crippen molar-refractivity contribution < 1.29 is 4.79 Å². The van der Waals surface area contributed by atoms with Crippen molar-refractivity contribution in [1.29, 1.82) is 0 Å². The van der Waals surface area contributed by atoms with Crippen LogP contribution in [0.25, 0.3) is 0 Å². The number of pyridine rings is 1. The summed E-state index contributed by atoms with van der Waals surface area (Å²) in [6.45, 7) is 1.87. The normalized spacial score (nSPS) is 16.7. The Labute approximate surface area is 94.8 Å². The van der Waals surface area contributed by atoms with Crippen LogP contribution in [0.4, 0.5) is 0 Å². The van der Waals surface area contributed by atoms with Crippen LogP contribution in [0, 0.1) is 5.92 Å². The van der Waals surface area contributed by atoms with E-state index in [0.717, 1.165) is 30.5 Å². The first-order valence-corrected chi connectivity index (χ1v) is 5.52. The lowest BCUT2D eigenvalue weighted by Crippen LogP contribution is -2.31. The number of hydrazone groups is 1. The fraction of sp³-hybridized carbons (Fsp3) is 0.417. The summed E-state index contributed by atoms with van der Waals surface area (Å²) in [6, 6.07) is 3.74. The molecule has 1 aliphatic carbocycles. The zero-order valence-corrected chi connectivity index (χ0v) is 9.31. The summed E-state index contributed by atoms with van der Waals surface area (Å²) in [6.07, 6.45) is 6.57. The van der Waals surface area contributed by atoms with Crippen molar-refractivity contribution in [2.75, 3.05) is 0 Å². The van der Waals surface area contributed by atoms with Crippen LogP contribution in [0.5, 0.6) is 0 Å². The Morgan fingerprint density at radius 2 is 2.12 bits per heavy atom. The van der Waals surface area contributed by atoms with E-state index in [2.05, 4.69) is 15.5 Å². The minimum atomic E-state index is 0.0413. The first-order valence-electron chi connectivity index (χ1n) is 5.52. The molecule has 1 saturated carbocycles. The van der Waals surface area contributed by atoms with Crippen LogP contribution in [0.15, 0.2) is 29.6 Å². The maximum Gasteiger partial charge on any atom is 0.243 e. The van der Waals surface area contributed by atoms with Crippen LogP contribution in [0.2, 0.25) is 0 Å². The van der Waals surface area contributed by atoms with E-state index < -0.39 is 0 Å². The lowest BCUT2D eigenvalue weighted by molar-refractivity contribution is -0.127. The van der Waals surface area contributed by atoms with Crippen LogP contribution in [0.3, 0.4) is 0 Å². The van der Waals surface area contributed by atoms with Gasteiger partial charge in [0.15, 0.2) is 0 Å². The van der Waals surface area contributed by atoms with Gasteiger partial charge in [-0.3, -0.25) is 9.78 Å². The molecule has 1 heterocycles. The van der Waals surface area contributed by atoms with Gasteiger partial charge >= 0.3 is 0 Å². The molecule has 0 saturated heterocycles. The maximum atomic E-state index is 11.5. The van der Waals surface area contributed by atoms with Crippen LogP contribution in [-0.4, -0.2) is 16.6 Å². The molecule has 1 aromatic rings. The first-order chi connectivity index (χ1) is 7.77. The molecular weight excluding hydrogens is 202 g/mol. The lowest BCUT2D eigenvalue weighted by atomic mass is 9.85. The van der Waals surface area contributed by atoms with Crippen LogP contribution in [-0.2, 0) is 4.79 Å². The highest BCUT2D eigenvalue weighted by molar-refractivity contribution is 5.99. The molecular formula is C12H15N3O. The molecule has 0 spiro atoms. The van der Waals surface area contributed by atoms with Gasteiger partial charge in [0.25, 0.3) is 0 Å². The number of nitrogens with zero attached hydrogens (tertiary/aromatic N) is 2. The smallest absolute Gasteiger partial charge is 0.243 e. The van der Waals surface area contributed by atoms with E-state index in [1.165, 1.54) is 0 Å². The molecule has 0 aromatic carbocycles. The van der Waals surface area contributed by atoms with Crippen LogP contribution >= 0.6 is 0 Å². The number of nitrogens with one attached hydrogen (secondary N) is 1. The predicted molar refractivity (Wildman–Crippen MR) is 61.9 cm³/mol. The average molecular weight is 217 g/mol. The highest BCUT2D eigenvalue weighted by Gasteiger charge is 2.24. The van der Waals surface area contributed by atoms with Crippen molar-refractivity contribution in [1.82, 2.24) is 10.4 Å². The number of carbonyl (C=O) groups excluding carboxylic acids is 1. The minimum Gasteiger partial charge on any atom is -0.273 e. The summed E-state index contributed by atoms with van der Waals surface area (Å²) in [5.41, 5.74) is 4.39. The Morgan fingerprint density at radius 3 is 2.69 bits per heavy atom. The lowest BCUT2D eigenvalue weighted by Gasteiger charge is -2.22. The average Bonchev–Trinajstić information content (AvgIpc) is 2.25. The molecule has 0 atom stereocenters. The Morgan fingerprint density at radius 1 is 1.44 bits per heavy atom. The van der Waals surface area contributed by atoms with Gasteiger partial charge in [0.1, 0.15) is 0 Å². The Balaban J connectivity index is 1.94. The third-order valence-electron chi connectivity index (χ3n) is 2.91. The number of amides is 1. The van der Waals surface area contributed by atoms with E-state index in [9.17, 15) is 4.79 Å². The number of hydrogen-bond donors (Lipinski definition) is 1. The van der Waals surface area contributed by atoms with Gasteiger partial charge in [0.2, 0.25) is 5.91 Å². The van der Waals surface area contributed by atoms with E-state index >= 15 is 0 Å². The van der Waals surface area contributed by atoms with Crippen molar-refractivity contribution in [2.24, 2.45) is 11.0 Å². The molecule has 16 heavy (non-hydrogen) atoms. The van der Waals surface area contributed by atoms with Gasteiger partial charge in [-0.05, 0) is 31.9 Å². The zero-order valence-electron chi connectivity index (χ0n) is 9.31. The van der Waals surface area contributed by atoms with E-state index in [1.807, 2.05) is 19.1 Å². The van der Waals surface area contributed by atoms with Crippen molar-refractivity contribution in [3.05, 3.63) is 30.1 Å². The highest BCUT2D eigenvalue weighted by Crippen LogP contribution is 2.26. The molecule has 1 aromatic heterocycles. The number of hydrogen-bond acceptors (Lipinski definition) is 3. The van der Waals surface area contributed by atoms with Crippen molar-refractivity contribution in [3.63, 3.8) is 0 Å². The van der Waals surface area contributed by atoms with E-state index in [4.69, 9.17) is 0 Å². The maximum absolute atomic E-state index is 11.5.